The molecule has 0 heterocycles. The fourth-order valence-electron chi connectivity index (χ4n) is 2.61. The summed E-state index contributed by atoms with van der Waals surface area (Å²) in [5, 5.41) is 16.5. The van der Waals surface area contributed by atoms with Crippen molar-refractivity contribution in [1.29, 1.82) is 0 Å². The molecule has 0 saturated heterocycles. The number of ketones is 1. The van der Waals surface area contributed by atoms with Crippen LogP contribution < -0.4 is 10.6 Å². The van der Waals surface area contributed by atoms with Crippen LogP contribution in [0.15, 0.2) is 48.5 Å². The highest BCUT2D eigenvalue weighted by Crippen LogP contribution is 2.23. The van der Waals surface area contributed by atoms with Crippen molar-refractivity contribution < 1.29 is 24.0 Å². The van der Waals surface area contributed by atoms with E-state index in [1.807, 2.05) is 0 Å². The maximum atomic E-state index is 12.2. The zero-order valence-corrected chi connectivity index (χ0v) is 16.7. The second-order valence-electron chi connectivity index (χ2n) is 6.56. The van der Waals surface area contributed by atoms with E-state index >= 15 is 0 Å². The Labute approximate surface area is 173 Å². The van der Waals surface area contributed by atoms with Gasteiger partial charge in [0.25, 0.3) is 11.6 Å². The molecule has 0 aliphatic carbocycles. The summed E-state index contributed by atoms with van der Waals surface area (Å²) in [6.07, 6.45) is -0.591. The van der Waals surface area contributed by atoms with Gasteiger partial charge in [-0.25, -0.2) is 0 Å². The van der Waals surface area contributed by atoms with Gasteiger partial charge in [0.2, 0.25) is 0 Å². The quantitative estimate of drug-likeness (QED) is 0.200. The number of nitro groups is 1. The molecule has 0 aliphatic heterocycles. The van der Waals surface area contributed by atoms with Crippen LogP contribution in [-0.4, -0.2) is 35.2 Å². The van der Waals surface area contributed by atoms with Crippen LogP contribution in [-0.2, 0) is 14.3 Å². The van der Waals surface area contributed by atoms with E-state index in [4.69, 9.17) is 4.74 Å². The van der Waals surface area contributed by atoms with Gasteiger partial charge in [0.05, 0.1) is 4.92 Å². The lowest BCUT2D eigenvalue weighted by molar-refractivity contribution is -0.384. The lowest BCUT2D eigenvalue weighted by Gasteiger charge is -2.14. The Morgan fingerprint density at radius 1 is 1.13 bits per heavy atom. The van der Waals surface area contributed by atoms with E-state index < -0.39 is 22.9 Å². The molecule has 2 rings (SSSR count). The van der Waals surface area contributed by atoms with Crippen molar-refractivity contribution in [3.63, 3.8) is 0 Å². The molecular weight excluding hydrogens is 390 g/mol. The third kappa shape index (κ3) is 6.69. The predicted octanol–water partition coefficient (Wildman–Crippen LogP) is 3.56. The summed E-state index contributed by atoms with van der Waals surface area (Å²) < 4.78 is 5.12. The van der Waals surface area contributed by atoms with Crippen molar-refractivity contribution in [2.24, 2.45) is 0 Å². The average Bonchev–Trinajstić information content (AvgIpc) is 2.71. The SMILES string of the molecule is CC(=O)c1cccc(NC(=O)[C@H](C)OC(=O)CCCNc2ccccc2[N+](=O)[O-])c1. The molecule has 30 heavy (non-hydrogen) atoms. The average molecular weight is 413 g/mol. The van der Waals surface area contributed by atoms with Crippen molar-refractivity contribution in [3.05, 3.63) is 64.2 Å². The van der Waals surface area contributed by atoms with Crippen molar-refractivity contribution in [3.8, 4) is 0 Å². The smallest absolute Gasteiger partial charge is 0.306 e. The van der Waals surface area contributed by atoms with E-state index in [0.717, 1.165) is 0 Å². The van der Waals surface area contributed by atoms with Gasteiger partial charge in [-0.2, -0.15) is 0 Å². The second-order valence-corrected chi connectivity index (χ2v) is 6.56. The maximum absolute atomic E-state index is 12.2. The zero-order valence-electron chi connectivity index (χ0n) is 16.7. The number of Topliss-reactive ketones (excluding diaryl/α,β-unsaturated/α-hetero) is 1. The highest BCUT2D eigenvalue weighted by Gasteiger charge is 2.18. The molecule has 9 heteroatoms. The number of rotatable bonds is 10. The predicted molar refractivity (Wildman–Crippen MR) is 111 cm³/mol. The number of amides is 1. The molecule has 0 aliphatic rings. The van der Waals surface area contributed by atoms with Crippen LogP contribution in [0.25, 0.3) is 0 Å². The van der Waals surface area contributed by atoms with E-state index in [0.29, 0.717) is 29.9 Å². The minimum absolute atomic E-state index is 0.0424. The molecule has 9 nitrogen and oxygen atoms in total. The first-order valence-corrected chi connectivity index (χ1v) is 9.36. The standard InChI is InChI=1S/C21H23N3O6/c1-14(25)16-7-5-8-17(13-16)23-21(27)15(2)30-20(26)11-6-12-22-18-9-3-4-10-19(18)24(28)29/h3-5,7-10,13,15,22H,6,11-12H2,1-2H3,(H,23,27)/t15-/m0/s1. The van der Waals surface area contributed by atoms with Crippen LogP contribution in [0.3, 0.4) is 0 Å². The van der Waals surface area contributed by atoms with Crippen LogP contribution in [0.1, 0.15) is 37.0 Å². The topological polar surface area (TPSA) is 128 Å². The number of anilines is 2. The van der Waals surface area contributed by atoms with Gasteiger partial charge in [-0.05, 0) is 38.5 Å². The zero-order chi connectivity index (χ0) is 22.1. The van der Waals surface area contributed by atoms with Crippen molar-refractivity contribution in [2.75, 3.05) is 17.2 Å². The normalized spacial score (nSPS) is 11.3. The van der Waals surface area contributed by atoms with Crippen LogP contribution in [0.2, 0.25) is 0 Å². The van der Waals surface area contributed by atoms with E-state index in [9.17, 15) is 24.5 Å². The number of para-hydroxylation sites is 2. The summed E-state index contributed by atoms with van der Waals surface area (Å²) >= 11 is 0. The first-order chi connectivity index (χ1) is 14.3. The third-order valence-electron chi connectivity index (χ3n) is 4.19. The lowest BCUT2D eigenvalue weighted by Crippen LogP contribution is -2.30. The van der Waals surface area contributed by atoms with Crippen molar-refractivity contribution >= 4 is 34.7 Å². The maximum Gasteiger partial charge on any atom is 0.306 e. The fourth-order valence-corrected chi connectivity index (χ4v) is 2.61. The minimum atomic E-state index is -1.01. The lowest BCUT2D eigenvalue weighted by atomic mass is 10.1. The highest BCUT2D eigenvalue weighted by atomic mass is 16.6. The van der Waals surface area contributed by atoms with Gasteiger partial charge in [-0.15, -0.1) is 0 Å². The highest BCUT2D eigenvalue weighted by molar-refractivity contribution is 5.98. The van der Waals surface area contributed by atoms with E-state index in [-0.39, 0.29) is 17.9 Å². The Morgan fingerprint density at radius 2 is 1.87 bits per heavy atom. The Morgan fingerprint density at radius 3 is 2.57 bits per heavy atom. The second kappa shape index (κ2) is 10.7. The van der Waals surface area contributed by atoms with Gasteiger partial charge in [0, 0.05) is 30.3 Å². The molecule has 2 aromatic rings. The number of hydrogen-bond acceptors (Lipinski definition) is 7. The molecule has 0 spiro atoms. The van der Waals surface area contributed by atoms with Gasteiger partial charge in [0.15, 0.2) is 11.9 Å². The number of carbonyl (C=O) groups excluding carboxylic acids is 3. The van der Waals surface area contributed by atoms with Crippen LogP contribution in [0, 0.1) is 10.1 Å². The van der Waals surface area contributed by atoms with E-state index in [1.165, 1.54) is 19.9 Å². The Hall–Kier alpha value is -3.75. The number of nitrogens with zero attached hydrogens (tertiary/aromatic N) is 1. The first kappa shape index (κ1) is 22.5. The number of nitro benzene ring substituents is 1. The summed E-state index contributed by atoms with van der Waals surface area (Å²) in [6.45, 7) is 3.21. The van der Waals surface area contributed by atoms with E-state index in [2.05, 4.69) is 10.6 Å². The van der Waals surface area contributed by atoms with Crippen molar-refractivity contribution in [1.82, 2.24) is 0 Å². The molecule has 2 aromatic carbocycles. The Balaban J connectivity index is 1.76. The Bertz CT molecular complexity index is 944. The first-order valence-electron chi connectivity index (χ1n) is 9.36. The molecule has 0 radical (unpaired) electrons. The Kier molecular flexibility index (Phi) is 8.04. The number of hydrogen-bond donors (Lipinski definition) is 2. The van der Waals surface area contributed by atoms with Gasteiger partial charge >= 0.3 is 5.97 Å². The number of benzene rings is 2. The molecule has 0 unspecified atom stereocenters. The molecule has 1 atom stereocenters. The number of nitrogens with one attached hydrogen (secondary N) is 2. The van der Waals surface area contributed by atoms with Gasteiger partial charge in [0.1, 0.15) is 5.69 Å². The molecule has 1 amide bonds. The molecule has 2 N–H and O–H groups in total. The van der Waals surface area contributed by atoms with Gasteiger partial charge in [-0.1, -0.05) is 24.3 Å². The summed E-state index contributed by atoms with van der Waals surface area (Å²) in [5.74, 6) is -1.19. The van der Waals surface area contributed by atoms with Gasteiger partial charge in [-0.3, -0.25) is 24.5 Å². The van der Waals surface area contributed by atoms with Crippen LogP contribution in [0.5, 0.6) is 0 Å². The van der Waals surface area contributed by atoms with Gasteiger partial charge < -0.3 is 15.4 Å². The van der Waals surface area contributed by atoms with Crippen LogP contribution >= 0.6 is 0 Å². The molecule has 158 valence electrons. The summed E-state index contributed by atoms with van der Waals surface area (Å²) in [6, 6.07) is 12.7. The monoisotopic (exact) mass is 413 g/mol. The third-order valence-corrected chi connectivity index (χ3v) is 4.19. The minimum Gasteiger partial charge on any atom is -0.453 e. The fraction of sp³-hybridized carbons (Fsp3) is 0.286. The number of carbonyl (C=O) groups is 3. The largest absolute Gasteiger partial charge is 0.453 e. The molecule has 0 fully saturated rings. The summed E-state index contributed by atoms with van der Waals surface area (Å²) in [5.41, 5.74) is 1.23. The number of ether oxygens (including phenoxy) is 1. The van der Waals surface area contributed by atoms with E-state index in [1.54, 1.807) is 42.5 Å². The summed E-state index contributed by atoms with van der Waals surface area (Å²) in [4.78, 5) is 46.0. The van der Waals surface area contributed by atoms with Crippen LogP contribution in [0.4, 0.5) is 17.1 Å². The molecule has 0 aromatic heterocycles. The molecular formula is C21H23N3O6. The molecule has 0 bridgehead atoms. The number of esters is 1. The van der Waals surface area contributed by atoms with Crippen molar-refractivity contribution in [2.45, 2.75) is 32.8 Å². The summed E-state index contributed by atoms with van der Waals surface area (Å²) in [7, 11) is 0. The molecule has 0 saturated carbocycles.